The maximum absolute atomic E-state index is 12.7. The molecular formula is C16H18N2O4S. The van der Waals surface area contributed by atoms with Crippen LogP contribution in [0, 0.1) is 17.0 Å². The molecule has 0 fully saturated rings. The van der Waals surface area contributed by atoms with Gasteiger partial charge in [0.05, 0.1) is 11.5 Å². The number of nitro benzene ring substituents is 1. The predicted molar refractivity (Wildman–Crippen MR) is 88.8 cm³/mol. The van der Waals surface area contributed by atoms with Crippen molar-refractivity contribution in [3.63, 3.8) is 0 Å². The fourth-order valence-electron chi connectivity index (χ4n) is 2.18. The molecule has 0 unspecified atom stereocenters. The number of thiophene rings is 1. The number of methoxy groups -OCH3 is 1. The minimum absolute atomic E-state index is 0.0434. The number of nitrogens with zero attached hydrogens (tertiary/aromatic N) is 2. The van der Waals surface area contributed by atoms with Crippen LogP contribution in [0.25, 0.3) is 0 Å². The molecule has 2 aromatic rings. The topological polar surface area (TPSA) is 72.7 Å². The maximum Gasteiger partial charge on any atom is 0.273 e. The lowest BCUT2D eigenvalue weighted by molar-refractivity contribution is -0.385. The van der Waals surface area contributed by atoms with Crippen LogP contribution in [0.1, 0.15) is 21.5 Å². The number of carbonyl (C=O) groups is 1. The molecule has 1 heterocycles. The van der Waals surface area contributed by atoms with Gasteiger partial charge in [0.15, 0.2) is 0 Å². The molecule has 0 aliphatic carbocycles. The Labute approximate surface area is 138 Å². The Kier molecular flexibility index (Phi) is 5.84. The van der Waals surface area contributed by atoms with Crippen LogP contribution in [0.3, 0.4) is 0 Å². The van der Waals surface area contributed by atoms with E-state index in [0.717, 1.165) is 5.56 Å². The van der Waals surface area contributed by atoms with E-state index in [9.17, 15) is 14.9 Å². The predicted octanol–water partition coefficient (Wildman–Crippen LogP) is 3.25. The number of benzene rings is 1. The van der Waals surface area contributed by atoms with E-state index in [4.69, 9.17) is 4.74 Å². The van der Waals surface area contributed by atoms with Crippen LogP contribution < -0.4 is 0 Å². The van der Waals surface area contributed by atoms with Gasteiger partial charge in [-0.15, -0.1) is 0 Å². The van der Waals surface area contributed by atoms with Crippen molar-refractivity contribution in [2.45, 2.75) is 13.5 Å². The Morgan fingerprint density at radius 2 is 2.17 bits per heavy atom. The Morgan fingerprint density at radius 1 is 1.39 bits per heavy atom. The number of aryl methyl sites for hydroxylation is 1. The van der Waals surface area contributed by atoms with Gasteiger partial charge in [0, 0.05) is 37.4 Å². The van der Waals surface area contributed by atoms with E-state index in [1.165, 1.54) is 6.07 Å². The number of amides is 1. The number of carbonyl (C=O) groups excluding carboxylic acids is 1. The molecule has 2 rings (SSSR count). The maximum atomic E-state index is 12.7. The quantitative estimate of drug-likeness (QED) is 0.575. The first-order valence-corrected chi connectivity index (χ1v) is 8.01. The Morgan fingerprint density at radius 3 is 2.78 bits per heavy atom. The first kappa shape index (κ1) is 17.1. The van der Waals surface area contributed by atoms with Crippen molar-refractivity contribution in [3.05, 3.63) is 61.8 Å². The first-order chi connectivity index (χ1) is 11.0. The molecule has 122 valence electrons. The van der Waals surface area contributed by atoms with Crippen molar-refractivity contribution < 1.29 is 14.5 Å². The van der Waals surface area contributed by atoms with Crippen molar-refractivity contribution in [3.8, 4) is 0 Å². The molecule has 0 N–H and O–H groups in total. The summed E-state index contributed by atoms with van der Waals surface area (Å²) in [6.45, 7) is 2.94. The number of ether oxygens (including phenoxy) is 1. The molecule has 1 aromatic carbocycles. The van der Waals surface area contributed by atoms with Gasteiger partial charge in [-0.3, -0.25) is 14.9 Å². The second kappa shape index (κ2) is 7.85. The zero-order chi connectivity index (χ0) is 16.8. The highest BCUT2D eigenvalue weighted by Crippen LogP contribution is 2.21. The van der Waals surface area contributed by atoms with Gasteiger partial charge in [0.1, 0.15) is 0 Å². The van der Waals surface area contributed by atoms with E-state index in [1.54, 1.807) is 42.4 Å². The van der Waals surface area contributed by atoms with Gasteiger partial charge < -0.3 is 9.64 Å². The van der Waals surface area contributed by atoms with Crippen LogP contribution in [0.5, 0.6) is 0 Å². The largest absolute Gasteiger partial charge is 0.383 e. The van der Waals surface area contributed by atoms with Crippen LogP contribution in [0.15, 0.2) is 35.0 Å². The molecule has 0 radical (unpaired) electrons. The fraction of sp³-hybridized carbons (Fsp3) is 0.312. The molecule has 0 saturated carbocycles. The second-order valence-corrected chi connectivity index (χ2v) is 5.89. The summed E-state index contributed by atoms with van der Waals surface area (Å²) in [5, 5.41) is 15.0. The van der Waals surface area contributed by atoms with Crippen molar-refractivity contribution >= 4 is 22.9 Å². The molecule has 0 spiro atoms. The molecule has 0 aliphatic heterocycles. The highest BCUT2D eigenvalue weighted by atomic mass is 32.1. The van der Waals surface area contributed by atoms with Crippen LogP contribution in [0.2, 0.25) is 0 Å². The summed E-state index contributed by atoms with van der Waals surface area (Å²) >= 11 is 1.56. The lowest BCUT2D eigenvalue weighted by Crippen LogP contribution is -2.33. The Hall–Kier alpha value is -2.25. The normalized spacial score (nSPS) is 10.5. The van der Waals surface area contributed by atoms with Gasteiger partial charge >= 0.3 is 0 Å². The van der Waals surface area contributed by atoms with Crippen molar-refractivity contribution in [1.29, 1.82) is 0 Å². The molecule has 0 atom stereocenters. The van der Waals surface area contributed by atoms with Crippen LogP contribution in [0.4, 0.5) is 5.69 Å². The third-order valence-electron chi connectivity index (χ3n) is 3.46. The molecule has 23 heavy (non-hydrogen) atoms. The van der Waals surface area contributed by atoms with E-state index in [1.807, 2.05) is 16.8 Å². The minimum Gasteiger partial charge on any atom is -0.383 e. The van der Waals surface area contributed by atoms with Crippen molar-refractivity contribution in [1.82, 2.24) is 4.90 Å². The second-order valence-electron chi connectivity index (χ2n) is 5.11. The van der Waals surface area contributed by atoms with Crippen molar-refractivity contribution in [2.24, 2.45) is 0 Å². The summed E-state index contributed by atoms with van der Waals surface area (Å²) in [5.41, 5.74) is 1.83. The number of hydrogen-bond donors (Lipinski definition) is 0. The molecule has 0 aliphatic rings. The fourth-order valence-corrected chi connectivity index (χ4v) is 2.84. The standard InChI is InChI=1S/C16H18N2O4S/c1-12-3-4-14(9-15(12)18(20)21)16(19)17(6-7-22-2)10-13-5-8-23-11-13/h3-5,8-9,11H,6-7,10H2,1-2H3. The third-order valence-corrected chi connectivity index (χ3v) is 4.19. The smallest absolute Gasteiger partial charge is 0.273 e. The summed E-state index contributed by atoms with van der Waals surface area (Å²) in [7, 11) is 1.57. The van der Waals surface area contributed by atoms with E-state index < -0.39 is 4.92 Å². The molecular weight excluding hydrogens is 316 g/mol. The van der Waals surface area contributed by atoms with E-state index in [2.05, 4.69) is 0 Å². The third kappa shape index (κ3) is 4.37. The van der Waals surface area contributed by atoms with Gasteiger partial charge in [-0.05, 0) is 35.4 Å². The van der Waals surface area contributed by atoms with Gasteiger partial charge in [-0.2, -0.15) is 11.3 Å². The SMILES string of the molecule is COCCN(Cc1ccsc1)C(=O)c1ccc(C)c([N+](=O)[O-])c1. The molecule has 0 bridgehead atoms. The summed E-state index contributed by atoms with van der Waals surface area (Å²) < 4.78 is 5.06. The van der Waals surface area contributed by atoms with Crippen LogP contribution in [-0.4, -0.2) is 36.0 Å². The van der Waals surface area contributed by atoms with Crippen molar-refractivity contribution in [2.75, 3.05) is 20.3 Å². The average Bonchev–Trinajstić information content (AvgIpc) is 3.04. The Bertz CT molecular complexity index is 685. The number of rotatable bonds is 7. The summed E-state index contributed by atoms with van der Waals surface area (Å²) in [4.78, 5) is 24.9. The van der Waals surface area contributed by atoms with E-state index >= 15 is 0 Å². The van der Waals surface area contributed by atoms with Gasteiger partial charge in [-0.1, -0.05) is 6.07 Å². The highest BCUT2D eigenvalue weighted by molar-refractivity contribution is 7.07. The van der Waals surface area contributed by atoms with Gasteiger partial charge in [0.2, 0.25) is 0 Å². The van der Waals surface area contributed by atoms with Gasteiger partial charge in [-0.25, -0.2) is 0 Å². The van der Waals surface area contributed by atoms with E-state index in [0.29, 0.717) is 30.8 Å². The molecule has 7 heteroatoms. The number of nitro groups is 1. The molecule has 0 saturated heterocycles. The minimum atomic E-state index is -0.468. The lowest BCUT2D eigenvalue weighted by Gasteiger charge is -2.22. The zero-order valence-corrected chi connectivity index (χ0v) is 13.8. The van der Waals surface area contributed by atoms with Crippen LogP contribution in [-0.2, 0) is 11.3 Å². The highest BCUT2D eigenvalue weighted by Gasteiger charge is 2.20. The average molecular weight is 334 g/mol. The van der Waals surface area contributed by atoms with E-state index in [-0.39, 0.29) is 11.6 Å². The lowest BCUT2D eigenvalue weighted by atomic mass is 10.1. The zero-order valence-electron chi connectivity index (χ0n) is 13.0. The molecule has 6 nitrogen and oxygen atoms in total. The summed E-state index contributed by atoms with van der Waals surface area (Å²) in [5.74, 6) is -0.239. The summed E-state index contributed by atoms with van der Waals surface area (Å²) in [6.07, 6.45) is 0. The first-order valence-electron chi connectivity index (χ1n) is 7.07. The van der Waals surface area contributed by atoms with Gasteiger partial charge in [0.25, 0.3) is 11.6 Å². The van der Waals surface area contributed by atoms with Crippen LogP contribution >= 0.6 is 11.3 Å². The molecule has 1 aromatic heterocycles. The summed E-state index contributed by atoms with van der Waals surface area (Å²) in [6, 6.07) is 6.52. The monoisotopic (exact) mass is 334 g/mol. The molecule has 1 amide bonds. The Balaban J connectivity index is 2.25. The number of hydrogen-bond acceptors (Lipinski definition) is 5.